The second kappa shape index (κ2) is 7.09. The molecule has 20 heavy (non-hydrogen) atoms. The number of nitrogens with one attached hydrogen (secondary N) is 1. The number of benzene rings is 2. The summed E-state index contributed by atoms with van der Waals surface area (Å²) in [5, 5.41) is 3.88. The maximum atomic E-state index is 11.5. The van der Waals surface area contributed by atoms with Crippen molar-refractivity contribution in [1.82, 2.24) is 5.43 Å². The molecular formula is C16H16N2O2. The highest BCUT2D eigenvalue weighted by Gasteiger charge is 2.00. The van der Waals surface area contributed by atoms with E-state index in [9.17, 15) is 4.79 Å². The van der Waals surface area contributed by atoms with E-state index < -0.39 is 0 Å². The lowest BCUT2D eigenvalue weighted by molar-refractivity contribution is -0.123. The molecule has 0 bridgehead atoms. The van der Waals surface area contributed by atoms with Crippen molar-refractivity contribution >= 4 is 12.1 Å². The highest BCUT2D eigenvalue weighted by atomic mass is 16.5. The fourth-order valence-electron chi connectivity index (χ4n) is 1.53. The maximum Gasteiger partial charge on any atom is 0.277 e. The van der Waals surface area contributed by atoms with Crippen molar-refractivity contribution in [2.24, 2.45) is 5.10 Å². The van der Waals surface area contributed by atoms with Crippen LogP contribution in [0.3, 0.4) is 0 Å². The summed E-state index contributed by atoms with van der Waals surface area (Å²) in [6, 6.07) is 17.0. The summed E-state index contributed by atoms with van der Waals surface area (Å²) in [4.78, 5) is 11.5. The number of para-hydroxylation sites is 1. The van der Waals surface area contributed by atoms with Gasteiger partial charge in [-0.15, -0.1) is 0 Å². The maximum absolute atomic E-state index is 11.5. The van der Waals surface area contributed by atoms with Crippen LogP contribution >= 0.6 is 0 Å². The van der Waals surface area contributed by atoms with Gasteiger partial charge < -0.3 is 4.74 Å². The summed E-state index contributed by atoms with van der Waals surface area (Å²) in [6.07, 6.45) is 1.60. The summed E-state index contributed by atoms with van der Waals surface area (Å²) in [5.41, 5.74) is 4.53. The van der Waals surface area contributed by atoms with Crippen LogP contribution in [0.15, 0.2) is 59.7 Å². The first-order chi connectivity index (χ1) is 9.74. The minimum Gasteiger partial charge on any atom is -0.484 e. The largest absolute Gasteiger partial charge is 0.484 e. The van der Waals surface area contributed by atoms with E-state index in [1.54, 1.807) is 18.3 Å². The van der Waals surface area contributed by atoms with E-state index in [1.165, 1.54) is 5.56 Å². The molecule has 102 valence electrons. The van der Waals surface area contributed by atoms with Crippen LogP contribution in [0.1, 0.15) is 11.1 Å². The molecule has 0 fully saturated rings. The molecule has 0 unspecified atom stereocenters. The van der Waals surface area contributed by atoms with Crippen molar-refractivity contribution in [1.29, 1.82) is 0 Å². The van der Waals surface area contributed by atoms with Crippen LogP contribution in [0.5, 0.6) is 5.75 Å². The lowest BCUT2D eigenvalue weighted by Crippen LogP contribution is -2.24. The number of amides is 1. The van der Waals surface area contributed by atoms with Gasteiger partial charge in [0.1, 0.15) is 5.75 Å². The van der Waals surface area contributed by atoms with Crippen LogP contribution in [0.2, 0.25) is 0 Å². The van der Waals surface area contributed by atoms with Crippen LogP contribution in [0.4, 0.5) is 0 Å². The molecule has 0 heterocycles. The van der Waals surface area contributed by atoms with Gasteiger partial charge in [-0.25, -0.2) is 5.43 Å². The summed E-state index contributed by atoms with van der Waals surface area (Å²) < 4.78 is 5.30. The third-order valence-corrected chi connectivity index (χ3v) is 2.59. The first-order valence-corrected chi connectivity index (χ1v) is 6.30. The Balaban J connectivity index is 1.76. The van der Waals surface area contributed by atoms with E-state index in [2.05, 4.69) is 10.5 Å². The van der Waals surface area contributed by atoms with Crippen molar-refractivity contribution in [2.45, 2.75) is 6.92 Å². The van der Waals surface area contributed by atoms with E-state index >= 15 is 0 Å². The van der Waals surface area contributed by atoms with E-state index in [-0.39, 0.29) is 12.5 Å². The topological polar surface area (TPSA) is 50.7 Å². The summed E-state index contributed by atoms with van der Waals surface area (Å²) in [5.74, 6) is 0.363. The molecular weight excluding hydrogens is 252 g/mol. The third-order valence-electron chi connectivity index (χ3n) is 2.59. The molecule has 0 saturated heterocycles. The van der Waals surface area contributed by atoms with Gasteiger partial charge in [0.15, 0.2) is 6.61 Å². The van der Waals surface area contributed by atoms with Crippen molar-refractivity contribution in [3.05, 3.63) is 65.7 Å². The van der Waals surface area contributed by atoms with Crippen molar-refractivity contribution in [2.75, 3.05) is 6.61 Å². The number of ether oxygens (including phenoxy) is 1. The number of carbonyl (C=O) groups is 1. The predicted octanol–water partition coefficient (Wildman–Crippen LogP) is 2.52. The van der Waals surface area contributed by atoms with Crippen LogP contribution in [0, 0.1) is 6.92 Å². The second-order valence-electron chi connectivity index (χ2n) is 4.31. The third kappa shape index (κ3) is 4.57. The average Bonchev–Trinajstić information content (AvgIpc) is 2.48. The Bertz CT molecular complexity index is 577. The van der Waals surface area contributed by atoms with E-state index in [4.69, 9.17) is 4.74 Å². The summed E-state index contributed by atoms with van der Waals surface area (Å²) in [6.45, 7) is 1.96. The van der Waals surface area contributed by atoms with Gasteiger partial charge in [-0.1, -0.05) is 48.0 Å². The molecule has 0 aromatic heterocycles. The molecule has 0 aliphatic carbocycles. The normalized spacial score (nSPS) is 10.4. The SMILES string of the molecule is Cc1ccc(/C=N/NC(=O)COc2ccccc2)cc1. The zero-order valence-electron chi connectivity index (χ0n) is 11.2. The smallest absolute Gasteiger partial charge is 0.277 e. The predicted molar refractivity (Wildman–Crippen MR) is 78.9 cm³/mol. The van der Waals surface area contributed by atoms with Crippen molar-refractivity contribution in [3.8, 4) is 5.75 Å². The van der Waals surface area contributed by atoms with Gasteiger partial charge in [-0.05, 0) is 24.6 Å². The molecule has 2 aromatic rings. The van der Waals surface area contributed by atoms with Gasteiger partial charge in [0.05, 0.1) is 6.21 Å². The van der Waals surface area contributed by atoms with E-state index in [1.807, 2.05) is 49.4 Å². The molecule has 1 N–H and O–H groups in total. The molecule has 4 heteroatoms. The Kier molecular flexibility index (Phi) is 4.89. The van der Waals surface area contributed by atoms with E-state index in [0.717, 1.165) is 5.56 Å². The fourth-order valence-corrected chi connectivity index (χ4v) is 1.53. The Hall–Kier alpha value is -2.62. The Morgan fingerprint density at radius 3 is 2.55 bits per heavy atom. The number of nitrogens with zero attached hydrogens (tertiary/aromatic N) is 1. The molecule has 0 saturated carbocycles. The van der Waals surface area contributed by atoms with Crippen LogP contribution in [-0.2, 0) is 4.79 Å². The van der Waals surface area contributed by atoms with Gasteiger partial charge >= 0.3 is 0 Å². The number of carbonyl (C=O) groups excluding carboxylic acids is 1. The molecule has 0 atom stereocenters. The zero-order valence-corrected chi connectivity index (χ0v) is 11.2. The highest BCUT2D eigenvalue weighted by Crippen LogP contribution is 2.07. The molecule has 0 spiro atoms. The van der Waals surface area contributed by atoms with Crippen LogP contribution in [-0.4, -0.2) is 18.7 Å². The van der Waals surface area contributed by atoms with Crippen LogP contribution < -0.4 is 10.2 Å². The Labute approximate surface area is 118 Å². The molecule has 2 rings (SSSR count). The van der Waals surface area contributed by atoms with Gasteiger partial charge in [-0.3, -0.25) is 4.79 Å². The molecule has 0 aliphatic heterocycles. The lowest BCUT2D eigenvalue weighted by atomic mass is 10.2. The standard InChI is InChI=1S/C16H16N2O2/c1-13-7-9-14(10-8-13)11-17-18-16(19)12-20-15-5-3-2-4-6-15/h2-11H,12H2,1H3,(H,18,19)/b17-11+. The molecule has 2 aromatic carbocycles. The van der Waals surface area contributed by atoms with Gasteiger partial charge in [0.25, 0.3) is 5.91 Å². The monoisotopic (exact) mass is 268 g/mol. The second-order valence-corrected chi connectivity index (χ2v) is 4.31. The molecule has 4 nitrogen and oxygen atoms in total. The molecule has 0 radical (unpaired) electrons. The minimum absolute atomic E-state index is 0.0603. The summed E-state index contributed by atoms with van der Waals surface area (Å²) >= 11 is 0. The van der Waals surface area contributed by atoms with Crippen LogP contribution in [0.25, 0.3) is 0 Å². The quantitative estimate of drug-likeness (QED) is 0.669. The van der Waals surface area contributed by atoms with Crippen molar-refractivity contribution < 1.29 is 9.53 Å². The first kappa shape index (κ1) is 13.8. The van der Waals surface area contributed by atoms with E-state index in [0.29, 0.717) is 5.75 Å². The number of hydrogen-bond donors (Lipinski definition) is 1. The number of rotatable bonds is 5. The molecule has 1 amide bonds. The number of aryl methyl sites for hydroxylation is 1. The molecule has 0 aliphatic rings. The van der Waals surface area contributed by atoms with Gasteiger partial charge in [0.2, 0.25) is 0 Å². The Morgan fingerprint density at radius 1 is 1.15 bits per heavy atom. The lowest BCUT2D eigenvalue weighted by Gasteiger charge is -2.04. The fraction of sp³-hybridized carbons (Fsp3) is 0.125. The Morgan fingerprint density at radius 2 is 1.85 bits per heavy atom. The van der Waals surface area contributed by atoms with Gasteiger partial charge in [0, 0.05) is 0 Å². The first-order valence-electron chi connectivity index (χ1n) is 6.30. The highest BCUT2D eigenvalue weighted by molar-refractivity contribution is 5.82. The summed E-state index contributed by atoms with van der Waals surface area (Å²) in [7, 11) is 0. The van der Waals surface area contributed by atoms with Gasteiger partial charge in [-0.2, -0.15) is 5.10 Å². The number of hydrazone groups is 1. The zero-order chi connectivity index (χ0) is 14.2. The number of hydrogen-bond acceptors (Lipinski definition) is 3. The average molecular weight is 268 g/mol. The minimum atomic E-state index is -0.294. The van der Waals surface area contributed by atoms with Crippen molar-refractivity contribution in [3.63, 3.8) is 0 Å².